The zero-order chi connectivity index (χ0) is 13.4. The number of aryl methyl sites for hydroxylation is 1. The molecule has 0 amide bonds. The van der Waals surface area contributed by atoms with Gasteiger partial charge in [0.1, 0.15) is 11.6 Å². The third-order valence-electron chi connectivity index (χ3n) is 3.39. The van der Waals surface area contributed by atoms with E-state index in [4.69, 9.17) is 0 Å². The number of anilines is 1. The quantitative estimate of drug-likeness (QED) is 0.916. The van der Waals surface area contributed by atoms with E-state index in [1.807, 2.05) is 0 Å². The summed E-state index contributed by atoms with van der Waals surface area (Å²) in [5.41, 5.74) is 1.49. The number of nitrogens with one attached hydrogen (secondary N) is 1. The van der Waals surface area contributed by atoms with E-state index in [1.54, 1.807) is 19.4 Å². The standard InChI is InChI=1S/C14H15F2N3/c1-9-4-13(16)14(5-12(9)15)18-7-11-6-17-8-19(11)10-2-3-10/h4-6,8,10,18H,2-3,7H2,1H3. The number of nitrogens with zero attached hydrogens (tertiary/aromatic N) is 2. The number of hydrogen-bond donors (Lipinski definition) is 1. The van der Waals surface area contributed by atoms with E-state index in [-0.39, 0.29) is 5.69 Å². The van der Waals surface area contributed by atoms with Gasteiger partial charge in [-0.1, -0.05) is 0 Å². The van der Waals surface area contributed by atoms with Crippen LogP contribution >= 0.6 is 0 Å². The van der Waals surface area contributed by atoms with Crippen molar-refractivity contribution in [3.05, 3.63) is 47.5 Å². The molecule has 0 saturated heterocycles. The molecule has 1 heterocycles. The maximum Gasteiger partial charge on any atom is 0.146 e. The van der Waals surface area contributed by atoms with Gasteiger partial charge in [0.15, 0.2) is 0 Å². The molecule has 1 N–H and O–H groups in total. The molecule has 19 heavy (non-hydrogen) atoms. The molecule has 1 fully saturated rings. The Kier molecular flexibility index (Phi) is 2.97. The largest absolute Gasteiger partial charge is 0.377 e. The maximum absolute atomic E-state index is 13.7. The summed E-state index contributed by atoms with van der Waals surface area (Å²) in [5.74, 6) is -0.837. The molecule has 1 aromatic carbocycles. The maximum atomic E-state index is 13.7. The lowest BCUT2D eigenvalue weighted by molar-refractivity contribution is 0.594. The third kappa shape index (κ3) is 2.45. The third-order valence-corrected chi connectivity index (χ3v) is 3.39. The van der Waals surface area contributed by atoms with E-state index in [1.165, 1.54) is 12.1 Å². The van der Waals surface area contributed by atoms with Crippen LogP contribution in [0.5, 0.6) is 0 Å². The Labute approximate surface area is 110 Å². The SMILES string of the molecule is Cc1cc(F)c(NCc2cncn2C2CC2)cc1F. The molecule has 1 aliphatic rings. The molecule has 0 radical (unpaired) electrons. The van der Waals surface area contributed by atoms with Crippen molar-refractivity contribution >= 4 is 5.69 Å². The predicted octanol–water partition coefficient (Wildman–Crippen LogP) is 3.42. The number of imidazole rings is 1. The van der Waals surface area contributed by atoms with E-state index in [2.05, 4.69) is 14.9 Å². The Morgan fingerprint density at radius 1 is 1.32 bits per heavy atom. The van der Waals surface area contributed by atoms with Crippen LogP contribution in [0.1, 0.15) is 30.1 Å². The predicted molar refractivity (Wildman–Crippen MR) is 68.9 cm³/mol. The van der Waals surface area contributed by atoms with E-state index in [0.717, 1.165) is 18.5 Å². The zero-order valence-corrected chi connectivity index (χ0v) is 10.7. The second kappa shape index (κ2) is 4.64. The number of halogens is 2. The summed E-state index contributed by atoms with van der Waals surface area (Å²) < 4.78 is 29.2. The highest BCUT2D eigenvalue weighted by atomic mass is 19.1. The van der Waals surface area contributed by atoms with Crippen molar-refractivity contribution in [2.75, 3.05) is 5.32 Å². The number of benzene rings is 1. The van der Waals surface area contributed by atoms with Crippen molar-refractivity contribution in [2.45, 2.75) is 32.4 Å². The Morgan fingerprint density at radius 2 is 2.11 bits per heavy atom. The second-order valence-electron chi connectivity index (χ2n) is 4.96. The van der Waals surface area contributed by atoms with Crippen molar-refractivity contribution in [3.63, 3.8) is 0 Å². The van der Waals surface area contributed by atoms with Gasteiger partial charge >= 0.3 is 0 Å². The summed E-state index contributed by atoms with van der Waals surface area (Å²) in [5, 5.41) is 2.93. The zero-order valence-electron chi connectivity index (χ0n) is 10.7. The highest BCUT2D eigenvalue weighted by molar-refractivity contribution is 5.47. The Morgan fingerprint density at radius 3 is 2.84 bits per heavy atom. The van der Waals surface area contributed by atoms with Crippen LogP contribution in [-0.4, -0.2) is 9.55 Å². The molecular weight excluding hydrogens is 248 g/mol. The molecule has 0 bridgehead atoms. The summed E-state index contributed by atoms with van der Waals surface area (Å²) >= 11 is 0. The summed E-state index contributed by atoms with van der Waals surface area (Å²) in [6.45, 7) is 1.99. The van der Waals surface area contributed by atoms with Gasteiger partial charge in [0, 0.05) is 18.3 Å². The number of hydrogen-bond acceptors (Lipinski definition) is 2. The monoisotopic (exact) mass is 263 g/mol. The molecule has 0 spiro atoms. The molecule has 0 unspecified atom stereocenters. The minimum Gasteiger partial charge on any atom is -0.377 e. The van der Waals surface area contributed by atoms with Gasteiger partial charge in [-0.05, 0) is 31.4 Å². The average molecular weight is 263 g/mol. The Bertz CT molecular complexity index is 603. The topological polar surface area (TPSA) is 29.9 Å². The van der Waals surface area contributed by atoms with Crippen LogP contribution in [0, 0.1) is 18.6 Å². The summed E-state index contributed by atoms with van der Waals surface area (Å²) in [7, 11) is 0. The van der Waals surface area contributed by atoms with Crippen molar-refractivity contribution in [3.8, 4) is 0 Å². The van der Waals surface area contributed by atoms with Gasteiger partial charge in [0.25, 0.3) is 0 Å². The van der Waals surface area contributed by atoms with E-state index >= 15 is 0 Å². The van der Waals surface area contributed by atoms with Crippen LogP contribution in [0.2, 0.25) is 0 Å². The van der Waals surface area contributed by atoms with Gasteiger partial charge in [-0.15, -0.1) is 0 Å². The van der Waals surface area contributed by atoms with Crippen molar-refractivity contribution in [2.24, 2.45) is 0 Å². The van der Waals surface area contributed by atoms with E-state index in [9.17, 15) is 8.78 Å². The van der Waals surface area contributed by atoms with Crippen LogP contribution in [0.4, 0.5) is 14.5 Å². The lowest BCUT2D eigenvalue weighted by Crippen LogP contribution is -2.07. The van der Waals surface area contributed by atoms with E-state index in [0.29, 0.717) is 18.2 Å². The van der Waals surface area contributed by atoms with Gasteiger partial charge in [-0.3, -0.25) is 0 Å². The lowest BCUT2D eigenvalue weighted by atomic mass is 10.2. The molecular formula is C14H15F2N3. The highest BCUT2D eigenvalue weighted by Crippen LogP contribution is 2.35. The first-order chi connectivity index (χ1) is 9.15. The summed E-state index contributed by atoms with van der Waals surface area (Å²) in [6, 6.07) is 2.93. The van der Waals surface area contributed by atoms with Crippen LogP contribution in [0.15, 0.2) is 24.7 Å². The normalized spacial score (nSPS) is 14.7. The lowest BCUT2D eigenvalue weighted by Gasteiger charge is -2.10. The second-order valence-corrected chi connectivity index (χ2v) is 4.96. The van der Waals surface area contributed by atoms with Crippen molar-refractivity contribution in [1.82, 2.24) is 9.55 Å². The Hall–Kier alpha value is -1.91. The van der Waals surface area contributed by atoms with Gasteiger partial charge < -0.3 is 9.88 Å². The first kappa shape index (κ1) is 12.1. The van der Waals surface area contributed by atoms with Crippen LogP contribution in [-0.2, 0) is 6.54 Å². The van der Waals surface area contributed by atoms with Crippen molar-refractivity contribution in [1.29, 1.82) is 0 Å². The molecule has 100 valence electrons. The molecule has 5 heteroatoms. The van der Waals surface area contributed by atoms with Gasteiger partial charge in [0.2, 0.25) is 0 Å². The highest BCUT2D eigenvalue weighted by Gasteiger charge is 2.25. The molecule has 0 aliphatic heterocycles. The minimum atomic E-state index is -0.434. The minimum absolute atomic E-state index is 0.187. The summed E-state index contributed by atoms with van der Waals surface area (Å²) in [6.07, 6.45) is 5.88. The molecule has 2 aromatic rings. The fourth-order valence-corrected chi connectivity index (χ4v) is 2.12. The Balaban J connectivity index is 1.75. The molecule has 1 aromatic heterocycles. The fraction of sp³-hybridized carbons (Fsp3) is 0.357. The summed E-state index contributed by atoms with van der Waals surface area (Å²) in [4.78, 5) is 4.10. The van der Waals surface area contributed by atoms with E-state index < -0.39 is 11.6 Å². The van der Waals surface area contributed by atoms with Crippen LogP contribution in [0.25, 0.3) is 0 Å². The van der Waals surface area contributed by atoms with Gasteiger partial charge in [-0.25, -0.2) is 13.8 Å². The molecule has 3 rings (SSSR count). The number of aromatic nitrogens is 2. The molecule has 0 atom stereocenters. The first-order valence-electron chi connectivity index (χ1n) is 6.35. The van der Waals surface area contributed by atoms with Crippen LogP contribution < -0.4 is 5.32 Å². The number of rotatable bonds is 4. The van der Waals surface area contributed by atoms with Crippen LogP contribution in [0.3, 0.4) is 0 Å². The smallest absolute Gasteiger partial charge is 0.146 e. The van der Waals surface area contributed by atoms with Crippen molar-refractivity contribution < 1.29 is 8.78 Å². The molecule has 1 aliphatic carbocycles. The molecule has 1 saturated carbocycles. The molecule has 3 nitrogen and oxygen atoms in total. The van der Waals surface area contributed by atoms with Gasteiger partial charge in [-0.2, -0.15) is 0 Å². The fourth-order valence-electron chi connectivity index (χ4n) is 2.12. The average Bonchev–Trinajstić information content (AvgIpc) is 3.12. The van der Waals surface area contributed by atoms with Gasteiger partial charge in [0.05, 0.1) is 24.3 Å². The first-order valence-corrected chi connectivity index (χ1v) is 6.35.